The SMILES string of the molecule is O=C(CSc1n[nH+]c(SCc2ccc(Cl)cc2)s1)N/N=C/c1ccc(O)cc1[O-]. The number of aromatic nitrogens is 2. The van der Waals surface area contributed by atoms with Crippen molar-refractivity contribution >= 4 is 58.6 Å². The van der Waals surface area contributed by atoms with E-state index in [4.69, 9.17) is 11.6 Å². The van der Waals surface area contributed by atoms with Crippen molar-refractivity contribution in [2.24, 2.45) is 5.10 Å². The van der Waals surface area contributed by atoms with Crippen LogP contribution in [0.5, 0.6) is 11.5 Å². The average molecular weight is 467 g/mol. The summed E-state index contributed by atoms with van der Waals surface area (Å²) in [4.78, 5) is 11.9. The van der Waals surface area contributed by atoms with Crippen LogP contribution in [0, 0.1) is 0 Å². The first kappa shape index (κ1) is 21.4. The number of phenols is 1. The Kier molecular flexibility index (Phi) is 7.76. The van der Waals surface area contributed by atoms with Crippen LogP contribution in [0.1, 0.15) is 11.1 Å². The van der Waals surface area contributed by atoms with E-state index in [1.807, 2.05) is 24.3 Å². The van der Waals surface area contributed by atoms with E-state index >= 15 is 0 Å². The van der Waals surface area contributed by atoms with Crippen LogP contribution in [0.25, 0.3) is 0 Å². The van der Waals surface area contributed by atoms with Gasteiger partial charge in [-0.3, -0.25) is 4.79 Å². The number of amides is 1. The van der Waals surface area contributed by atoms with Gasteiger partial charge in [-0.1, -0.05) is 52.4 Å². The molecule has 0 unspecified atom stereocenters. The molecule has 0 saturated carbocycles. The third-order valence-electron chi connectivity index (χ3n) is 3.42. The third-order valence-corrected chi connectivity index (χ3v) is 7.00. The zero-order chi connectivity index (χ0) is 20.6. The highest BCUT2D eigenvalue weighted by Gasteiger charge is 2.13. The van der Waals surface area contributed by atoms with E-state index < -0.39 is 0 Å². The first-order valence-corrected chi connectivity index (χ1v) is 11.4. The van der Waals surface area contributed by atoms with Crippen LogP contribution >= 0.6 is 46.5 Å². The van der Waals surface area contributed by atoms with Crippen LogP contribution in [-0.4, -0.2) is 28.1 Å². The van der Waals surface area contributed by atoms with Crippen molar-refractivity contribution in [2.75, 3.05) is 5.75 Å². The summed E-state index contributed by atoms with van der Waals surface area (Å²) in [6.07, 6.45) is 1.24. The van der Waals surface area contributed by atoms with Gasteiger partial charge in [-0.25, -0.2) is 5.43 Å². The average Bonchev–Trinajstić information content (AvgIpc) is 3.15. The van der Waals surface area contributed by atoms with Gasteiger partial charge in [-0.15, -0.1) is 0 Å². The molecule has 3 N–H and O–H groups in total. The molecule has 0 aliphatic rings. The lowest BCUT2D eigenvalue weighted by atomic mass is 10.2. The number of carbonyl (C=O) groups excluding carboxylic acids is 1. The highest BCUT2D eigenvalue weighted by molar-refractivity contribution is 8.03. The Hall–Kier alpha value is -2.27. The van der Waals surface area contributed by atoms with E-state index in [1.165, 1.54) is 41.4 Å². The molecule has 29 heavy (non-hydrogen) atoms. The van der Waals surface area contributed by atoms with Gasteiger partial charge in [-0.2, -0.15) is 5.10 Å². The molecule has 2 aromatic carbocycles. The number of carbonyl (C=O) groups is 1. The number of rotatable bonds is 8. The summed E-state index contributed by atoms with van der Waals surface area (Å²) in [5.41, 5.74) is 3.79. The summed E-state index contributed by atoms with van der Waals surface area (Å²) in [7, 11) is 0. The molecule has 0 spiro atoms. The second-order valence-corrected chi connectivity index (χ2v) is 9.50. The smallest absolute Gasteiger partial charge is 0.323 e. The van der Waals surface area contributed by atoms with Crippen LogP contribution in [0.2, 0.25) is 5.02 Å². The van der Waals surface area contributed by atoms with Gasteiger partial charge in [0.1, 0.15) is 5.75 Å². The van der Waals surface area contributed by atoms with Crippen LogP contribution in [0.15, 0.2) is 56.2 Å². The molecule has 3 rings (SSSR count). The number of hydrogen-bond donors (Lipinski definition) is 2. The van der Waals surface area contributed by atoms with Gasteiger partial charge in [0.2, 0.25) is 4.34 Å². The fourth-order valence-electron chi connectivity index (χ4n) is 2.03. The van der Waals surface area contributed by atoms with Gasteiger partial charge in [0.25, 0.3) is 5.91 Å². The van der Waals surface area contributed by atoms with Crippen molar-refractivity contribution in [3.8, 4) is 11.5 Å². The van der Waals surface area contributed by atoms with Crippen molar-refractivity contribution in [1.82, 2.24) is 10.5 Å². The van der Waals surface area contributed by atoms with E-state index in [-0.39, 0.29) is 28.7 Å². The number of hydrogen-bond acceptors (Lipinski definition) is 8. The Morgan fingerprint density at radius 2 is 2.10 bits per heavy atom. The molecular weight excluding hydrogens is 452 g/mol. The first-order chi connectivity index (χ1) is 14.0. The number of nitrogens with one attached hydrogen (secondary N) is 2. The summed E-state index contributed by atoms with van der Waals surface area (Å²) in [6.45, 7) is 0. The van der Waals surface area contributed by atoms with Crippen molar-refractivity contribution < 1.29 is 20.1 Å². The first-order valence-electron chi connectivity index (χ1n) is 8.20. The van der Waals surface area contributed by atoms with Crippen molar-refractivity contribution in [2.45, 2.75) is 14.4 Å². The lowest BCUT2D eigenvalue weighted by molar-refractivity contribution is -0.492. The minimum Gasteiger partial charge on any atom is -0.872 e. The maximum atomic E-state index is 11.9. The lowest BCUT2D eigenvalue weighted by Gasteiger charge is -2.09. The maximum absolute atomic E-state index is 11.9. The van der Waals surface area contributed by atoms with Crippen LogP contribution in [0.4, 0.5) is 0 Å². The monoisotopic (exact) mass is 466 g/mol. The van der Waals surface area contributed by atoms with E-state index in [0.717, 1.165) is 26.1 Å². The molecule has 0 fully saturated rings. The number of aromatic hydroxyl groups is 1. The standard InChI is InChI=1S/C18H15ClN4O3S3/c19-13-4-1-11(2-5-13)9-27-17-22-23-18(29-17)28-10-16(26)21-20-8-12-3-6-14(24)7-15(12)25/h1-8,24-25H,9-10H2,(H,21,26)/b20-8+. The zero-order valence-corrected chi connectivity index (χ0v) is 18.0. The van der Waals surface area contributed by atoms with Crippen molar-refractivity contribution in [3.63, 3.8) is 0 Å². The molecule has 0 radical (unpaired) electrons. The summed E-state index contributed by atoms with van der Waals surface area (Å²) < 4.78 is 1.68. The third kappa shape index (κ3) is 6.93. The fraction of sp³-hybridized carbons (Fsp3) is 0.111. The molecule has 150 valence electrons. The number of halogens is 1. The molecule has 0 atom stereocenters. The van der Waals surface area contributed by atoms with Crippen LogP contribution in [-0.2, 0) is 10.5 Å². The number of thioether (sulfide) groups is 2. The van der Waals surface area contributed by atoms with Gasteiger partial charge in [0, 0.05) is 15.9 Å². The number of hydrazone groups is 1. The van der Waals surface area contributed by atoms with Crippen LogP contribution in [0.3, 0.4) is 0 Å². The van der Waals surface area contributed by atoms with E-state index in [2.05, 4.69) is 20.7 Å². The van der Waals surface area contributed by atoms with Crippen molar-refractivity contribution in [1.29, 1.82) is 0 Å². The van der Waals surface area contributed by atoms with E-state index in [1.54, 1.807) is 11.8 Å². The topological polar surface area (TPSA) is 112 Å². The Morgan fingerprint density at radius 1 is 1.31 bits per heavy atom. The zero-order valence-electron chi connectivity index (χ0n) is 14.8. The molecule has 3 aromatic rings. The summed E-state index contributed by atoms with van der Waals surface area (Å²) in [5, 5.41) is 32.4. The molecule has 7 nitrogen and oxygen atoms in total. The molecule has 0 aliphatic heterocycles. The minimum absolute atomic E-state index is 0.112. The largest absolute Gasteiger partial charge is 0.872 e. The minimum atomic E-state index is -0.376. The molecule has 1 aromatic heterocycles. The van der Waals surface area contributed by atoms with E-state index in [0.29, 0.717) is 5.02 Å². The number of phenolic OH excluding ortho intramolecular Hbond substituents is 1. The number of H-pyrrole nitrogens is 1. The molecule has 0 aliphatic carbocycles. The second kappa shape index (κ2) is 10.5. The molecule has 1 heterocycles. The molecule has 11 heteroatoms. The van der Waals surface area contributed by atoms with Gasteiger partial charge >= 0.3 is 4.34 Å². The number of nitrogens with zero attached hydrogens (tertiary/aromatic N) is 2. The summed E-state index contributed by atoms with van der Waals surface area (Å²) in [6, 6.07) is 11.6. The Balaban J connectivity index is 1.42. The molecule has 0 bridgehead atoms. The van der Waals surface area contributed by atoms with Gasteiger partial charge in [0.15, 0.2) is 0 Å². The van der Waals surface area contributed by atoms with E-state index in [9.17, 15) is 15.0 Å². The highest BCUT2D eigenvalue weighted by atomic mass is 35.5. The lowest BCUT2D eigenvalue weighted by Crippen LogP contribution is -2.19. The van der Waals surface area contributed by atoms with Gasteiger partial charge in [0.05, 0.1) is 12.0 Å². The number of benzene rings is 2. The predicted molar refractivity (Wildman–Crippen MR) is 114 cm³/mol. The van der Waals surface area contributed by atoms with Crippen molar-refractivity contribution in [3.05, 3.63) is 58.6 Å². The predicted octanol–water partition coefficient (Wildman–Crippen LogP) is 2.92. The second-order valence-electron chi connectivity index (χ2n) is 5.60. The number of aromatic amines is 1. The Morgan fingerprint density at radius 3 is 2.86 bits per heavy atom. The molecule has 0 saturated heterocycles. The maximum Gasteiger partial charge on any atom is 0.323 e. The van der Waals surface area contributed by atoms with Gasteiger partial charge in [-0.05, 0) is 58.5 Å². The molecular formula is C18H15ClN4O3S3. The summed E-state index contributed by atoms with van der Waals surface area (Å²) in [5.74, 6) is 0.120. The molecule has 1 amide bonds. The Bertz CT molecular complexity index is 1010. The normalized spacial score (nSPS) is 11.1. The Labute approximate surface area is 184 Å². The fourth-order valence-corrected chi connectivity index (χ4v) is 5.00. The quantitative estimate of drug-likeness (QED) is 0.300. The highest BCUT2D eigenvalue weighted by Crippen LogP contribution is 2.28. The summed E-state index contributed by atoms with van der Waals surface area (Å²) >= 11 is 10.3. The van der Waals surface area contributed by atoms with Gasteiger partial charge < -0.3 is 10.2 Å². The van der Waals surface area contributed by atoms with Crippen LogP contribution < -0.4 is 15.6 Å².